The van der Waals surface area contributed by atoms with Crippen molar-refractivity contribution >= 4 is 56.5 Å². The SMILES string of the molecule is CC[C@H](C)NC(=O)[C@H](CC)N(Cc1ccc(Cl)cc1Cl)C(=O)CN(c1cccc(C(C)=O)c1)S(C)(=O)=O. The summed E-state index contributed by atoms with van der Waals surface area (Å²) in [6.45, 7) is 6.33. The van der Waals surface area contributed by atoms with Gasteiger partial charge in [-0.15, -0.1) is 0 Å². The van der Waals surface area contributed by atoms with Gasteiger partial charge in [0.1, 0.15) is 12.6 Å². The minimum Gasteiger partial charge on any atom is -0.352 e. The second-order valence-electron chi connectivity index (χ2n) is 8.88. The summed E-state index contributed by atoms with van der Waals surface area (Å²) in [5.74, 6) is -1.19. The molecule has 0 aromatic heterocycles. The maximum Gasteiger partial charge on any atom is 0.244 e. The second kappa shape index (κ2) is 13.3. The van der Waals surface area contributed by atoms with Gasteiger partial charge in [0.25, 0.3) is 0 Å². The lowest BCUT2D eigenvalue weighted by Crippen LogP contribution is -2.53. The Balaban J connectivity index is 2.51. The molecule has 0 saturated heterocycles. The zero-order valence-electron chi connectivity index (χ0n) is 21.6. The lowest BCUT2D eigenvalue weighted by Gasteiger charge is -2.33. The van der Waals surface area contributed by atoms with Crippen LogP contribution in [-0.4, -0.2) is 55.8 Å². The maximum atomic E-state index is 13.7. The van der Waals surface area contributed by atoms with E-state index in [1.54, 1.807) is 31.2 Å². The highest BCUT2D eigenvalue weighted by Crippen LogP contribution is 2.25. The first-order chi connectivity index (χ1) is 17.3. The minimum absolute atomic E-state index is 0.0354. The van der Waals surface area contributed by atoms with E-state index in [9.17, 15) is 22.8 Å². The third-order valence-electron chi connectivity index (χ3n) is 5.96. The van der Waals surface area contributed by atoms with Crippen LogP contribution in [0.1, 0.15) is 56.5 Å². The Kier molecular flexibility index (Phi) is 11.0. The molecule has 0 fully saturated rings. The van der Waals surface area contributed by atoms with Crippen LogP contribution < -0.4 is 9.62 Å². The summed E-state index contributed by atoms with van der Waals surface area (Å²) in [7, 11) is -3.92. The number of nitrogens with one attached hydrogen (secondary N) is 1. The Hall–Kier alpha value is -2.62. The van der Waals surface area contributed by atoms with Gasteiger partial charge in [-0.3, -0.25) is 18.7 Å². The molecule has 1 N–H and O–H groups in total. The van der Waals surface area contributed by atoms with Crippen LogP contribution in [0.25, 0.3) is 0 Å². The van der Waals surface area contributed by atoms with Crippen LogP contribution in [0.5, 0.6) is 0 Å². The number of benzene rings is 2. The van der Waals surface area contributed by atoms with Crippen molar-refractivity contribution in [2.45, 2.75) is 59.2 Å². The first-order valence-electron chi connectivity index (χ1n) is 11.9. The topological polar surface area (TPSA) is 104 Å². The number of hydrogen-bond acceptors (Lipinski definition) is 5. The molecule has 0 aliphatic carbocycles. The number of halogens is 2. The van der Waals surface area contributed by atoms with E-state index >= 15 is 0 Å². The van der Waals surface area contributed by atoms with Gasteiger partial charge in [-0.2, -0.15) is 0 Å². The number of carbonyl (C=O) groups excluding carboxylic acids is 3. The lowest BCUT2D eigenvalue weighted by molar-refractivity contribution is -0.140. The fourth-order valence-electron chi connectivity index (χ4n) is 3.69. The minimum atomic E-state index is -3.92. The fourth-order valence-corrected chi connectivity index (χ4v) is 5.00. The van der Waals surface area contributed by atoms with Crippen molar-refractivity contribution in [2.75, 3.05) is 17.1 Å². The van der Waals surface area contributed by atoms with Crippen molar-refractivity contribution in [3.05, 3.63) is 63.6 Å². The molecule has 0 radical (unpaired) electrons. The Labute approximate surface area is 229 Å². The Morgan fingerprint density at radius 2 is 1.70 bits per heavy atom. The van der Waals surface area contributed by atoms with Crippen molar-refractivity contribution in [1.29, 1.82) is 0 Å². The van der Waals surface area contributed by atoms with E-state index in [1.165, 1.54) is 30.0 Å². The Morgan fingerprint density at radius 1 is 1.03 bits per heavy atom. The third kappa shape index (κ3) is 8.45. The number of hydrogen-bond donors (Lipinski definition) is 1. The number of nitrogens with zero attached hydrogens (tertiary/aromatic N) is 2. The van der Waals surface area contributed by atoms with Gasteiger partial charge >= 0.3 is 0 Å². The summed E-state index contributed by atoms with van der Waals surface area (Å²) in [4.78, 5) is 40.1. The van der Waals surface area contributed by atoms with Crippen molar-refractivity contribution < 1.29 is 22.8 Å². The van der Waals surface area contributed by atoms with Gasteiger partial charge in [-0.25, -0.2) is 8.42 Å². The van der Waals surface area contributed by atoms with Gasteiger partial charge in [0.15, 0.2) is 5.78 Å². The van der Waals surface area contributed by atoms with Crippen LogP contribution in [0.4, 0.5) is 5.69 Å². The van der Waals surface area contributed by atoms with Crippen LogP contribution in [-0.2, 0) is 26.2 Å². The summed E-state index contributed by atoms with van der Waals surface area (Å²) in [5, 5.41) is 3.64. The van der Waals surface area contributed by atoms with E-state index in [4.69, 9.17) is 23.2 Å². The summed E-state index contributed by atoms with van der Waals surface area (Å²) in [5.41, 5.74) is 1.03. The number of sulfonamides is 1. The number of rotatable bonds is 12. The average molecular weight is 571 g/mol. The molecule has 202 valence electrons. The van der Waals surface area contributed by atoms with E-state index in [-0.39, 0.29) is 36.4 Å². The van der Waals surface area contributed by atoms with E-state index in [2.05, 4.69) is 5.32 Å². The van der Waals surface area contributed by atoms with Crippen molar-refractivity contribution in [2.24, 2.45) is 0 Å². The molecule has 0 heterocycles. The summed E-state index contributed by atoms with van der Waals surface area (Å²) in [6, 6.07) is 9.88. The molecule has 0 spiro atoms. The monoisotopic (exact) mass is 569 g/mol. The quantitative estimate of drug-likeness (QED) is 0.373. The van der Waals surface area contributed by atoms with Crippen LogP contribution in [0.15, 0.2) is 42.5 Å². The predicted molar refractivity (Wildman–Crippen MR) is 148 cm³/mol. The van der Waals surface area contributed by atoms with Crippen LogP contribution in [0.3, 0.4) is 0 Å². The fraction of sp³-hybridized carbons (Fsp3) is 0.423. The third-order valence-corrected chi connectivity index (χ3v) is 7.69. The second-order valence-corrected chi connectivity index (χ2v) is 11.6. The summed E-state index contributed by atoms with van der Waals surface area (Å²) in [6.07, 6.45) is 1.97. The highest BCUT2D eigenvalue weighted by molar-refractivity contribution is 7.92. The number of amides is 2. The molecule has 2 amide bonds. The van der Waals surface area contributed by atoms with Gasteiger partial charge in [-0.05, 0) is 56.5 Å². The molecule has 0 bridgehead atoms. The normalized spacial score (nSPS) is 12.9. The smallest absolute Gasteiger partial charge is 0.244 e. The first-order valence-corrected chi connectivity index (χ1v) is 14.5. The molecule has 2 atom stereocenters. The number of carbonyl (C=O) groups is 3. The van der Waals surface area contributed by atoms with E-state index in [0.29, 0.717) is 27.6 Å². The predicted octanol–water partition coefficient (Wildman–Crippen LogP) is 4.68. The molecule has 8 nitrogen and oxygen atoms in total. The number of anilines is 1. The van der Waals surface area contributed by atoms with Crippen LogP contribution >= 0.6 is 23.2 Å². The molecule has 37 heavy (non-hydrogen) atoms. The van der Waals surface area contributed by atoms with Gasteiger partial charge in [-0.1, -0.05) is 55.2 Å². The standard InChI is InChI=1S/C26H33Cl2N3O5S/c1-6-17(3)29-26(34)24(7-2)30(15-20-11-12-21(27)14-23(20)28)25(33)16-31(37(5,35)36)22-10-8-9-19(13-22)18(4)32/h8-14,17,24H,6-7,15-16H2,1-5H3,(H,29,34)/t17-,24-/m0/s1. The van der Waals surface area contributed by atoms with E-state index in [1.807, 2.05) is 13.8 Å². The first kappa shape index (κ1) is 30.6. The summed E-state index contributed by atoms with van der Waals surface area (Å²) < 4.78 is 26.4. The number of ketones is 1. The molecule has 0 aliphatic heterocycles. The molecule has 2 aromatic rings. The molecule has 2 rings (SSSR count). The molecule has 0 aliphatic rings. The van der Waals surface area contributed by atoms with Crippen molar-refractivity contribution in [3.8, 4) is 0 Å². The molecular formula is C26H33Cl2N3O5S. The summed E-state index contributed by atoms with van der Waals surface area (Å²) >= 11 is 12.4. The van der Waals surface area contributed by atoms with E-state index < -0.39 is 28.5 Å². The van der Waals surface area contributed by atoms with Crippen LogP contribution in [0, 0.1) is 0 Å². The largest absolute Gasteiger partial charge is 0.352 e. The molecule has 0 unspecified atom stereocenters. The highest BCUT2D eigenvalue weighted by atomic mass is 35.5. The lowest BCUT2D eigenvalue weighted by atomic mass is 10.1. The Bertz CT molecular complexity index is 1250. The highest BCUT2D eigenvalue weighted by Gasteiger charge is 2.32. The van der Waals surface area contributed by atoms with Gasteiger partial charge in [0, 0.05) is 28.2 Å². The van der Waals surface area contributed by atoms with Gasteiger partial charge in [0.2, 0.25) is 21.8 Å². The molecular weight excluding hydrogens is 537 g/mol. The van der Waals surface area contributed by atoms with Gasteiger partial charge in [0.05, 0.1) is 11.9 Å². The van der Waals surface area contributed by atoms with E-state index in [0.717, 1.165) is 10.6 Å². The van der Waals surface area contributed by atoms with Crippen molar-refractivity contribution in [3.63, 3.8) is 0 Å². The van der Waals surface area contributed by atoms with Gasteiger partial charge < -0.3 is 10.2 Å². The zero-order chi connectivity index (χ0) is 27.9. The average Bonchev–Trinajstić information content (AvgIpc) is 2.82. The Morgan fingerprint density at radius 3 is 2.24 bits per heavy atom. The molecule has 11 heteroatoms. The maximum absolute atomic E-state index is 13.7. The zero-order valence-corrected chi connectivity index (χ0v) is 24.0. The molecule has 0 saturated carbocycles. The molecule has 2 aromatic carbocycles. The van der Waals surface area contributed by atoms with Crippen molar-refractivity contribution in [1.82, 2.24) is 10.2 Å². The van der Waals surface area contributed by atoms with Crippen LogP contribution in [0.2, 0.25) is 10.0 Å². The number of Topliss-reactive ketones (excluding diaryl/α,β-unsaturated/α-hetero) is 1.